The van der Waals surface area contributed by atoms with Crippen molar-refractivity contribution in [2.45, 2.75) is 32.9 Å². The topological polar surface area (TPSA) is 53.1 Å². The van der Waals surface area contributed by atoms with Crippen LogP contribution in [0.1, 0.15) is 36.8 Å². The maximum absolute atomic E-state index is 5.90. The maximum Gasteiger partial charge on any atom is 0.146 e. The van der Waals surface area contributed by atoms with Crippen molar-refractivity contribution < 1.29 is 4.74 Å². The molecule has 0 aliphatic rings. The van der Waals surface area contributed by atoms with Crippen LogP contribution in [0.5, 0.6) is 5.75 Å². The van der Waals surface area contributed by atoms with Gasteiger partial charge in [-0.2, -0.15) is 0 Å². The predicted molar refractivity (Wildman–Crippen MR) is 76.0 cm³/mol. The molecule has 4 nitrogen and oxygen atoms in total. The molecular formula is C15H21N3O. The van der Waals surface area contributed by atoms with Crippen LogP contribution in [0.2, 0.25) is 0 Å². The van der Waals surface area contributed by atoms with Gasteiger partial charge in [0.2, 0.25) is 0 Å². The first kappa shape index (κ1) is 13.6. The van der Waals surface area contributed by atoms with Gasteiger partial charge in [-0.15, -0.1) is 0 Å². The van der Waals surface area contributed by atoms with E-state index in [1.165, 1.54) is 5.56 Å². The lowest BCUT2D eigenvalue weighted by atomic mass is 10.0. The van der Waals surface area contributed by atoms with E-state index in [1.807, 2.05) is 36.0 Å². The van der Waals surface area contributed by atoms with E-state index in [0.717, 1.165) is 17.3 Å². The Morgan fingerprint density at radius 1 is 1.32 bits per heavy atom. The van der Waals surface area contributed by atoms with Gasteiger partial charge in [0.15, 0.2) is 0 Å². The van der Waals surface area contributed by atoms with Crippen molar-refractivity contribution in [2.24, 2.45) is 12.8 Å². The second-order valence-corrected chi connectivity index (χ2v) is 4.94. The van der Waals surface area contributed by atoms with E-state index in [-0.39, 0.29) is 0 Å². The summed E-state index contributed by atoms with van der Waals surface area (Å²) >= 11 is 0. The first-order chi connectivity index (χ1) is 9.11. The third kappa shape index (κ3) is 3.15. The number of hydrogen-bond acceptors (Lipinski definition) is 3. The summed E-state index contributed by atoms with van der Waals surface area (Å²) in [6.07, 6.45) is 1.94. The minimum atomic E-state index is 0.442. The van der Waals surface area contributed by atoms with Gasteiger partial charge in [-0.05, 0) is 17.5 Å². The molecule has 1 aromatic carbocycles. The highest BCUT2D eigenvalue weighted by molar-refractivity contribution is 5.35. The number of nitrogens with zero attached hydrogens (tertiary/aromatic N) is 2. The molecule has 0 atom stereocenters. The predicted octanol–water partition coefficient (Wildman–Crippen LogP) is 2.58. The zero-order chi connectivity index (χ0) is 13.8. The number of benzene rings is 1. The summed E-state index contributed by atoms with van der Waals surface area (Å²) in [5.74, 6) is 2.26. The molecule has 0 aliphatic carbocycles. The molecule has 1 heterocycles. The first-order valence-electron chi connectivity index (χ1n) is 6.54. The molecule has 0 bridgehead atoms. The molecule has 0 aliphatic heterocycles. The van der Waals surface area contributed by atoms with Gasteiger partial charge in [-0.3, -0.25) is 0 Å². The lowest BCUT2D eigenvalue weighted by Gasteiger charge is -2.13. The van der Waals surface area contributed by atoms with E-state index in [2.05, 4.69) is 24.9 Å². The van der Waals surface area contributed by atoms with Crippen LogP contribution in [0.3, 0.4) is 0 Å². The van der Waals surface area contributed by atoms with E-state index < -0.39 is 0 Å². The number of hydrogen-bond donors (Lipinski definition) is 1. The second-order valence-electron chi connectivity index (χ2n) is 4.94. The molecule has 102 valence electrons. The van der Waals surface area contributed by atoms with Crippen LogP contribution in [-0.4, -0.2) is 9.55 Å². The van der Waals surface area contributed by atoms with Crippen LogP contribution >= 0.6 is 0 Å². The normalized spacial score (nSPS) is 11.0. The van der Waals surface area contributed by atoms with Gasteiger partial charge in [0.1, 0.15) is 18.2 Å². The first-order valence-corrected chi connectivity index (χ1v) is 6.54. The third-order valence-electron chi connectivity index (χ3n) is 3.13. The molecular weight excluding hydrogens is 238 g/mol. The summed E-state index contributed by atoms with van der Waals surface area (Å²) in [5, 5.41) is 0. The standard InChI is InChI=1S/C15H21N3O/c1-11(2)13-6-4-5-7-14(13)19-10-15-17-12(8-16)9-18(15)3/h4-7,9,11H,8,10,16H2,1-3H3. The van der Waals surface area contributed by atoms with Crippen LogP contribution in [0.25, 0.3) is 0 Å². The molecule has 0 saturated heterocycles. The number of aromatic nitrogens is 2. The van der Waals surface area contributed by atoms with Gasteiger partial charge < -0.3 is 15.0 Å². The summed E-state index contributed by atoms with van der Waals surface area (Å²) < 4.78 is 7.86. The number of ether oxygens (including phenoxy) is 1. The van der Waals surface area contributed by atoms with Gasteiger partial charge in [-0.1, -0.05) is 32.0 Å². The molecule has 2 aromatic rings. The third-order valence-corrected chi connectivity index (χ3v) is 3.13. The number of imidazole rings is 1. The monoisotopic (exact) mass is 259 g/mol. The average Bonchev–Trinajstić information content (AvgIpc) is 2.77. The van der Waals surface area contributed by atoms with Gasteiger partial charge >= 0.3 is 0 Å². The van der Waals surface area contributed by atoms with Gasteiger partial charge in [0.25, 0.3) is 0 Å². The molecule has 0 radical (unpaired) electrons. The summed E-state index contributed by atoms with van der Waals surface area (Å²) in [6, 6.07) is 8.13. The van der Waals surface area contributed by atoms with Crippen LogP contribution < -0.4 is 10.5 Å². The summed E-state index contributed by atoms with van der Waals surface area (Å²) in [5.41, 5.74) is 7.69. The fourth-order valence-electron chi connectivity index (χ4n) is 2.04. The number of rotatable bonds is 5. The van der Waals surface area contributed by atoms with Crippen LogP contribution in [0.15, 0.2) is 30.5 Å². The lowest BCUT2D eigenvalue weighted by Crippen LogP contribution is -2.05. The van der Waals surface area contributed by atoms with Gasteiger partial charge in [0.05, 0.1) is 5.69 Å². The number of nitrogens with two attached hydrogens (primary N) is 1. The maximum atomic E-state index is 5.90. The Kier molecular flexibility index (Phi) is 4.22. The second kappa shape index (κ2) is 5.89. The molecule has 0 fully saturated rings. The number of para-hydroxylation sites is 1. The zero-order valence-corrected chi connectivity index (χ0v) is 11.8. The minimum Gasteiger partial charge on any atom is -0.485 e. The van der Waals surface area contributed by atoms with E-state index in [4.69, 9.17) is 10.5 Å². The fraction of sp³-hybridized carbons (Fsp3) is 0.400. The molecule has 0 amide bonds. The SMILES string of the molecule is CC(C)c1ccccc1OCc1nc(CN)cn1C. The smallest absolute Gasteiger partial charge is 0.146 e. The van der Waals surface area contributed by atoms with Crippen LogP contribution in [0, 0.1) is 0 Å². The molecule has 0 unspecified atom stereocenters. The van der Waals surface area contributed by atoms with Crippen molar-refractivity contribution in [1.82, 2.24) is 9.55 Å². The Hall–Kier alpha value is -1.81. The molecule has 0 spiro atoms. The number of aryl methyl sites for hydroxylation is 1. The summed E-state index contributed by atoms with van der Waals surface area (Å²) in [6.45, 7) is 5.24. The average molecular weight is 259 g/mol. The van der Waals surface area contributed by atoms with Crippen molar-refractivity contribution in [3.8, 4) is 5.75 Å². The lowest BCUT2D eigenvalue weighted by molar-refractivity contribution is 0.287. The van der Waals surface area contributed by atoms with Crippen molar-refractivity contribution in [1.29, 1.82) is 0 Å². The van der Waals surface area contributed by atoms with Crippen LogP contribution in [0.4, 0.5) is 0 Å². The highest BCUT2D eigenvalue weighted by Gasteiger charge is 2.09. The largest absolute Gasteiger partial charge is 0.485 e. The van der Waals surface area contributed by atoms with Crippen molar-refractivity contribution in [3.63, 3.8) is 0 Å². The minimum absolute atomic E-state index is 0.442. The van der Waals surface area contributed by atoms with Gasteiger partial charge in [-0.25, -0.2) is 4.98 Å². The Balaban J connectivity index is 2.12. The highest BCUT2D eigenvalue weighted by Crippen LogP contribution is 2.26. The summed E-state index contributed by atoms with van der Waals surface area (Å²) in [4.78, 5) is 4.43. The molecule has 2 N–H and O–H groups in total. The van der Waals surface area contributed by atoms with Crippen LogP contribution in [-0.2, 0) is 20.2 Å². The quantitative estimate of drug-likeness (QED) is 0.898. The van der Waals surface area contributed by atoms with E-state index in [9.17, 15) is 0 Å². The molecule has 19 heavy (non-hydrogen) atoms. The Labute approximate surface area is 114 Å². The molecule has 0 saturated carbocycles. The zero-order valence-electron chi connectivity index (χ0n) is 11.8. The Morgan fingerprint density at radius 3 is 2.68 bits per heavy atom. The molecule has 1 aromatic heterocycles. The van der Waals surface area contributed by atoms with Crippen molar-refractivity contribution >= 4 is 0 Å². The van der Waals surface area contributed by atoms with Gasteiger partial charge in [0, 0.05) is 19.8 Å². The highest BCUT2D eigenvalue weighted by atomic mass is 16.5. The molecule has 4 heteroatoms. The van der Waals surface area contributed by atoms with Crippen molar-refractivity contribution in [2.75, 3.05) is 0 Å². The van der Waals surface area contributed by atoms with E-state index in [0.29, 0.717) is 19.1 Å². The van der Waals surface area contributed by atoms with Crippen molar-refractivity contribution in [3.05, 3.63) is 47.5 Å². The fourth-order valence-corrected chi connectivity index (χ4v) is 2.04. The summed E-state index contributed by atoms with van der Waals surface area (Å²) in [7, 11) is 1.96. The van der Waals surface area contributed by atoms with E-state index in [1.54, 1.807) is 0 Å². The Bertz CT molecular complexity index is 546. The van der Waals surface area contributed by atoms with E-state index >= 15 is 0 Å². The molecule has 2 rings (SSSR count). The Morgan fingerprint density at radius 2 is 2.05 bits per heavy atom.